The van der Waals surface area contributed by atoms with Crippen molar-refractivity contribution in [3.63, 3.8) is 0 Å². The summed E-state index contributed by atoms with van der Waals surface area (Å²) in [6.07, 6.45) is 2.77. The van der Waals surface area contributed by atoms with E-state index in [2.05, 4.69) is 5.32 Å². The molecular formula is C7H15NO2. The minimum atomic E-state index is -0.158. The van der Waals surface area contributed by atoms with E-state index in [9.17, 15) is 0 Å². The minimum absolute atomic E-state index is 0.146. The SMILES string of the molecule is OCCC1(CO)CCCN1. The first kappa shape index (κ1) is 7.98. The molecule has 1 rings (SSSR count). The van der Waals surface area contributed by atoms with E-state index in [1.54, 1.807) is 0 Å². The first-order valence-corrected chi connectivity index (χ1v) is 3.80. The summed E-state index contributed by atoms with van der Waals surface area (Å²) in [4.78, 5) is 0. The van der Waals surface area contributed by atoms with E-state index in [0.717, 1.165) is 19.4 Å². The van der Waals surface area contributed by atoms with Gasteiger partial charge in [-0.25, -0.2) is 0 Å². The normalized spacial score (nSPS) is 33.0. The molecule has 3 heteroatoms. The van der Waals surface area contributed by atoms with Crippen LogP contribution in [0.2, 0.25) is 0 Å². The molecule has 1 unspecified atom stereocenters. The van der Waals surface area contributed by atoms with Crippen molar-refractivity contribution in [1.82, 2.24) is 5.32 Å². The Hall–Kier alpha value is -0.120. The van der Waals surface area contributed by atoms with Crippen LogP contribution in [-0.2, 0) is 0 Å². The molecule has 60 valence electrons. The van der Waals surface area contributed by atoms with Gasteiger partial charge in [0.1, 0.15) is 0 Å². The van der Waals surface area contributed by atoms with Gasteiger partial charge in [-0.3, -0.25) is 0 Å². The van der Waals surface area contributed by atoms with Crippen LogP contribution >= 0.6 is 0 Å². The van der Waals surface area contributed by atoms with Gasteiger partial charge >= 0.3 is 0 Å². The van der Waals surface area contributed by atoms with Crippen molar-refractivity contribution in [3.05, 3.63) is 0 Å². The van der Waals surface area contributed by atoms with Crippen LogP contribution in [0.5, 0.6) is 0 Å². The van der Waals surface area contributed by atoms with Crippen LogP contribution in [0.25, 0.3) is 0 Å². The van der Waals surface area contributed by atoms with Crippen LogP contribution in [0.15, 0.2) is 0 Å². The zero-order valence-corrected chi connectivity index (χ0v) is 6.14. The fourth-order valence-corrected chi connectivity index (χ4v) is 1.51. The Bertz CT molecular complexity index is 99.8. The average Bonchev–Trinajstić information content (AvgIpc) is 2.39. The largest absolute Gasteiger partial charge is 0.396 e. The van der Waals surface area contributed by atoms with E-state index in [0.29, 0.717) is 6.42 Å². The highest BCUT2D eigenvalue weighted by Crippen LogP contribution is 2.21. The van der Waals surface area contributed by atoms with E-state index in [4.69, 9.17) is 10.2 Å². The summed E-state index contributed by atoms with van der Waals surface area (Å²) >= 11 is 0. The summed E-state index contributed by atoms with van der Waals surface area (Å²) in [5, 5.41) is 20.9. The van der Waals surface area contributed by atoms with Crippen molar-refractivity contribution in [2.75, 3.05) is 19.8 Å². The predicted octanol–water partition coefficient (Wildman–Crippen LogP) is -0.517. The molecule has 0 saturated carbocycles. The summed E-state index contributed by atoms with van der Waals surface area (Å²) in [7, 11) is 0. The second-order valence-corrected chi connectivity index (χ2v) is 2.94. The summed E-state index contributed by atoms with van der Waals surface area (Å²) in [5.41, 5.74) is -0.158. The van der Waals surface area contributed by atoms with Gasteiger partial charge < -0.3 is 15.5 Å². The third kappa shape index (κ3) is 1.48. The minimum Gasteiger partial charge on any atom is -0.396 e. The molecule has 1 fully saturated rings. The number of aliphatic hydroxyl groups excluding tert-OH is 2. The van der Waals surface area contributed by atoms with E-state index < -0.39 is 0 Å². The van der Waals surface area contributed by atoms with Crippen LogP contribution in [0.1, 0.15) is 19.3 Å². The summed E-state index contributed by atoms with van der Waals surface area (Å²) in [6, 6.07) is 0. The molecule has 0 amide bonds. The monoisotopic (exact) mass is 145 g/mol. The van der Waals surface area contributed by atoms with Gasteiger partial charge in [0.15, 0.2) is 0 Å². The molecule has 0 aliphatic carbocycles. The topological polar surface area (TPSA) is 52.5 Å². The Morgan fingerprint density at radius 1 is 1.40 bits per heavy atom. The van der Waals surface area contributed by atoms with Crippen molar-refractivity contribution in [1.29, 1.82) is 0 Å². The molecule has 0 bridgehead atoms. The maximum absolute atomic E-state index is 8.97. The zero-order chi connectivity index (χ0) is 7.45. The Kier molecular flexibility index (Phi) is 2.65. The summed E-state index contributed by atoms with van der Waals surface area (Å²) in [5.74, 6) is 0. The zero-order valence-electron chi connectivity index (χ0n) is 6.14. The Balaban J connectivity index is 2.41. The highest BCUT2D eigenvalue weighted by molar-refractivity contribution is 4.91. The maximum atomic E-state index is 8.97. The summed E-state index contributed by atoms with van der Waals surface area (Å²) < 4.78 is 0. The fourth-order valence-electron chi connectivity index (χ4n) is 1.51. The first-order valence-electron chi connectivity index (χ1n) is 3.80. The van der Waals surface area contributed by atoms with Gasteiger partial charge in [0.2, 0.25) is 0 Å². The second-order valence-electron chi connectivity index (χ2n) is 2.94. The van der Waals surface area contributed by atoms with Crippen molar-refractivity contribution in [2.24, 2.45) is 0 Å². The fraction of sp³-hybridized carbons (Fsp3) is 1.00. The molecule has 0 aromatic carbocycles. The Morgan fingerprint density at radius 3 is 2.60 bits per heavy atom. The molecule has 1 heterocycles. The van der Waals surface area contributed by atoms with Crippen LogP contribution in [0, 0.1) is 0 Å². The van der Waals surface area contributed by atoms with E-state index in [-0.39, 0.29) is 18.8 Å². The number of rotatable bonds is 3. The lowest BCUT2D eigenvalue weighted by Crippen LogP contribution is -2.44. The van der Waals surface area contributed by atoms with Crippen LogP contribution < -0.4 is 5.32 Å². The van der Waals surface area contributed by atoms with Crippen LogP contribution in [0.4, 0.5) is 0 Å². The number of hydrogen-bond acceptors (Lipinski definition) is 3. The number of nitrogens with one attached hydrogen (secondary N) is 1. The van der Waals surface area contributed by atoms with Gasteiger partial charge in [-0.05, 0) is 25.8 Å². The summed E-state index contributed by atoms with van der Waals surface area (Å²) in [6.45, 7) is 1.28. The quantitative estimate of drug-likeness (QED) is 0.501. The Labute approximate surface area is 61.1 Å². The predicted molar refractivity (Wildman–Crippen MR) is 38.8 cm³/mol. The maximum Gasteiger partial charge on any atom is 0.0614 e. The molecule has 0 aromatic heterocycles. The second kappa shape index (κ2) is 3.32. The molecule has 0 aromatic rings. The third-order valence-electron chi connectivity index (χ3n) is 2.23. The highest BCUT2D eigenvalue weighted by atomic mass is 16.3. The van der Waals surface area contributed by atoms with Gasteiger partial charge in [-0.1, -0.05) is 0 Å². The van der Waals surface area contributed by atoms with Gasteiger partial charge in [0, 0.05) is 12.1 Å². The highest BCUT2D eigenvalue weighted by Gasteiger charge is 2.31. The molecule has 10 heavy (non-hydrogen) atoms. The third-order valence-corrected chi connectivity index (χ3v) is 2.23. The van der Waals surface area contributed by atoms with Crippen LogP contribution in [0.3, 0.4) is 0 Å². The van der Waals surface area contributed by atoms with Gasteiger partial charge in [0.25, 0.3) is 0 Å². The standard InChI is InChI=1S/C7H15NO2/c9-5-3-7(6-10)2-1-4-8-7/h8-10H,1-6H2. The molecule has 0 spiro atoms. The molecular weight excluding hydrogens is 130 g/mol. The Morgan fingerprint density at radius 2 is 2.20 bits per heavy atom. The van der Waals surface area contributed by atoms with Crippen molar-refractivity contribution < 1.29 is 10.2 Å². The molecule has 3 nitrogen and oxygen atoms in total. The van der Waals surface area contributed by atoms with Gasteiger partial charge in [-0.2, -0.15) is 0 Å². The van der Waals surface area contributed by atoms with E-state index >= 15 is 0 Å². The van der Waals surface area contributed by atoms with Crippen molar-refractivity contribution in [2.45, 2.75) is 24.8 Å². The number of hydrogen-bond donors (Lipinski definition) is 3. The number of aliphatic hydroxyl groups is 2. The van der Waals surface area contributed by atoms with Crippen molar-refractivity contribution >= 4 is 0 Å². The lowest BCUT2D eigenvalue weighted by molar-refractivity contribution is 0.140. The molecule has 1 saturated heterocycles. The van der Waals surface area contributed by atoms with E-state index in [1.807, 2.05) is 0 Å². The first-order chi connectivity index (χ1) is 4.83. The molecule has 1 aliphatic heterocycles. The lowest BCUT2D eigenvalue weighted by atomic mass is 9.95. The van der Waals surface area contributed by atoms with E-state index in [1.165, 1.54) is 0 Å². The molecule has 1 atom stereocenters. The molecule has 1 aliphatic rings. The van der Waals surface area contributed by atoms with Gasteiger partial charge in [0.05, 0.1) is 6.61 Å². The smallest absolute Gasteiger partial charge is 0.0614 e. The average molecular weight is 145 g/mol. The molecule has 3 N–H and O–H groups in total. The van der Waals surface area contributed by atoms with Crippen LogP contribution in [-0.4, -0.2) is 35.5 Å². The van der Waals surface area contributed by atoms with Gasteiger partial charge in [-0.15, -0.1) is 0 Å². The molecule has 0 radical (unpaired) electrons. The lowest BCUT2D eigenvalue weighted by Gasteiger charge is -2.25. The van der Waals surface area contributed by atoms with Crippen molar-refractivity contribution in [3.8, 4) is 0 Å².